The van der Waals surface area contributed by atoms with Crippen molar-refractivity contribution in [2.45, 2.75) is 13.3 Å². The lowest BCUT2D eigenvalue weighted by atomic mass is 10.1. The number of benzene rings is 1. The SMILES string of the molecule is CCOC(=O)c1ncsc1NCCc1ccc(F)cc1. The van der Waals surface area contributed by atoms with E-state index in [2.05, 4.69) is 10.3 Å². The average molecular weight is 294 g/mol. The van der Waals surface area contributed by atoms with Gasteiger partial charge in [0.05, 0.1) is 12.1 Å². The lowest BCUT2D eigenvalue weighted by Gasteiger charge is -2.06. The first-order valence-electron chi connectivity index (χ1n) is 6.29. The summed E-state index contributed by atoms with van der Waals surface area (Å²) in [4.78, 5) is 15.6. The zero-order valence-corrected chi connectivity index (χ0v) is 11.9. The number of hydrogen-bond donors (Lipinski definition) is 1. The van der Waals surface area contributed by atoms with Gasteiger partial charge in [0, 0.05) is 6.54 Å². The maximum atomic E-state index is 12.8. The van der Waals surface area contributed by atoms with E-state index in [1.165, 1.54) is 23.5 Å². The van der Waals surface area contributed by atoms with Crippen molar-refractivity contribution in [1.29, 1.82) is 0 Å². The van der Waals surface area contributed by atoms with Crippen molar-refractivity contribution >= 4 is 22.3 Å². The van der Waals surface area contributed by atoms with E-state index in [-0.39, 0.29) is 5.82 Å². The van der Waals surface area contributed by atoms with Crippen molar-refractivity contribution in [3.8, 4) is 0 Å². The Hall–Kier alpha value is -1.95. The van der Waals surface area contributed by atoms with Gasteiger partial charge in [-0.25, -0.2) is 14.2 Å². The second-order valence-electron chi connectivity index (χ2n) is 4.05. The monoisotopic (exact) mass is 294 g/mol. The molecule has 0 radical (unpaired) electrons. The summed E-state index contributed by atoms with van der Waals surface area (Å²) >= 11 is 1.36. The van der Waals surface area contributed by atoms with Gasteiger partial charge in [0.1, 0.15) is 10.8 Å². The Bertz CT molecular complexity index is 569. The van der Waals surface area contributed by atoms with E-state index in [1.807, 2.05) is 0 Å². The predicted molar refractivity (Wildman–Crippen MR) is 76.7 cm³/mol. The van der Waals surface area contributed by atoms with Crippen molar-refractivity contribution in [3.05, 3.63) is 46.9 Å². The molecule has 20 heavy (non-hydrogen) atoms. The number of anilines is 1. The molecule has 0 saturated heterocycles. The Kier molecular flexibility index (Phi) is 5.06. The van der Waals surface area contributed by atoms with Gasteiger partial charge < -0.3 is 10.1 Å². The lowest BCUT2D eigenvalue weighted by molar-refractivity contribution is 0.0521. The highest BCUT2D eigenvalue weighted by atomic mass is 32.1. The third-order valence-electron chi connectivity index (χ3n) is 2.65. The summed E-state index contributed by atoms with van der Waals surface area (Å²) in [6.45, 7) is 2.72. The number of carbonyl (C=O) groups is 1. The number of rotatable bonds is 6. The molecule has 0 spiro atoms. The maximum absolute atomic E-state index is 12.8. The van der Waals surface area contributed by atoms with Crippen LogP contribution in [-0.4, -0.2) is 24.1 Å². The fourth-order valence-corrected chi connectivity index (χ4v) is 2.38. The van der Waals surface area contributed by atoms with Crippen molar-refractivity contribution in [1.82, 2.24) is 4.98 Å². The molecule has 4 nitrogen and oxygen atoms in total. The van der Waals surface area contributed by atoms with Gasteiger partial charge in [-0.3, -0.25) is 0 Å². The molecule has 0 bridgehead atoms. The molecular formula is C14H15FN2O2S. The first-order chi connectivity index (χ1) is 9.70. The highest BCUT2D eigenvalue weighted by Crippen LogP contribution is 2.21. The van der Waals surface area contributed by atoms with Crippen LogP contribution in [-0.2, 0) is 11.2 Å². The fourth-order valence-electron chi connectivity index (χ4n) is 1.69. The Morgan fingerprint density at radius 1 is 1.40 bits per heavy atom. The second kappa shape index (κ2) is 7.00. The highest BCUT2D eigenvalue weighted by Gasteiger charge is 2.15. The normalized spacial score (nSPS) is 10.3. The summed E-state index contributed by atoms with van der Waals surface area (Å²) in [7, 11) is 0. The Morgan fingerprint density at radius 2 is 2.15 bits per heavy atom. The van der Waals surface area contributed by atoms with Crippen LogP contribution in [0.2, 0.25) is 0 Å². The molecule has 2 aromatic rings. The number of esters is 1. The highest BCUT2D eigenvalue weighted by molar-refractivity contribution is 7.14. The van der Waals surface area contributed by atoms with Crippen LogP contribution in [0.4, 0.5) is 9.39 Å². The summed E-state index contributed by atoms with van der Waals surface area (Å²) in [6.07, 6.45) is 0.737. The molecule has 0 aliphatic heterocycles. The molecule has 0 aliphatic rings. The number of aromatic nitrogens is 1. The molecule has 106 valence electrons. The minimum absolute atomic E-state index is 0.242. The topological polar surface area (TPSA) is 51.2 Å². The van der Waals surface area contributed by atoms with E-state index in [9.17, 15) is 9.18 Å². The second-order valence-corrected chi connectivity index (χ2v) is 4.91. The zero-order valence-electron chi connectivity index (χ0n) is 11.1. The van der Waals surface area contributed by atoms with Gasteiger partial charge >= 0.3 is 5.97 Å². The van der Waals surface area contributed by atoms with Gasteiger partial charge in [-0.2, -0.15) is 0 Å². The first-order valence-corrected chi connectivity index (χ1v) is 7.17. The first kappa shape index (κ1) is 14.5. The van der Waals surface area contributed by atoms with Crippen molar-refractivity contribution in [2.24, 2.45) is 0 Å². The Morgan fingerprint density at radius 3 is 2.85 bits per heavy atom. The van der Waals surface area contributed by atoms with Gasteiger partial charge in [0.2, 0.25) is 0 Å². The summed E-state index contributed by atoms with van der Waals surface area (Å²) in [5.41, 5.74) is 2.95. The molecular weight excluding hydrogens is 279 g/mol. The van der Waals surface area contributed by atoms with Crippen LogP contribution >= 0.6 is 11.3 Å². The predicted octanol–water partition coefficient (Wildman–Crippen LogP) is 3.11. The smallest absolute Gasteiger partial charge is 0.360 e. The number of nitrogens with one attached hydrogen (secondary N) is 1. The molecule has 0 unspecified atom stereocenters. The average Bonchev–Trinajstić information content (AvgIpc) is 2.90. The maximum Gasteiger partial charge on any atom is 0.360 e. The van der Waals surface area contributed by atoms with Gasteiger partial charge in [-0.15, -0.1) is 11.3 Å². The van der Waals surface area contributed by atoms with Crippen LogP contribution in [0.25, 0.3) is 0 Å². The van der Waals surface area contributed by atoms with Crippen LogP contribution in [0.1, 0.15) is 23.0 Å². The van der Waals surface area contributed by atoms with E-state index in [0.717, 1.165) is 12.0 Å². The van der Waals surface area contributed by atoms with E-state index in [1.54, 1.807) is 24.6 Å². The summed E-state index contributed by atoms with van der Waals surface area (Å²) in [6, 6.07) is 6.37. The summed E-state index contributed by atoms with van der Waals surface area (Å²) in [5.74, 6) is -0.660. The summed E-state index contributed by atoms with van der Waals surface area (Å²) in [5, 5.41) is 3.86. The van der Waals surface area contributed by atoms with E-state index in [4.69, 9.17) is 4.74 Å². The molecule has 0 atom stereocenters. The van der Waals surface area contributed by atoms with Crippen LogP contribution in [0.5, 0.6) is 0 Å². The quantitative estimate of drug-likeness (QED) is 0.832. The molecule has 1 aromatic heterocycles. The molecule has 6 heteroatoms. The van der Waals surface area contributed by atoms with Crippen LogP contribution in [0.3, 0.4) is 0 Å². The Balaban J connectivity index is 1.90. The molecule has 0 amide bonds. The minimum Gasteiger partial charge on any atom is -0.461 e. The molecule has 1 N–H and O–H groups in total. The van der Waals surface area contributed by atoms with E-state index >= 15 is 0 Å². The number of halogens is 1. The minimum atomic E-state index is -0.418. The van der Waals surface area contributed by atoms with Crippen LogP contribution < -0.4 is 5.32 Å². The lowest BCUT2D eigenvalue weighted by Crippen LogP contribution is -2.10. The van der Waals surface area contributed by atoms with E-state index < -0.39 is 5.97 Å². The van der Waals surface area contributed by atoms with Crippen LogP contribution in [0.15, 0.2) is 29.8 Å². The number of carbonyl (C=O) groups excluding carboxylic acids is 1. The fraction of sp³-hybridized carbons (Fsp3) is 0.286. The number of thiazole rings is 1. The summed E-state index contributed by atoms with van der Waals surface area (Å²) < 4.78 is 17.7. The number of ether oxygens (including phenoxy) is 1. The Labute approximate surface area is 120 Å². The number of hydrogen-bond acceptors (Lipinski definition) is 5. The van der Waals surface area contributed by atoms with Crippen LogP contribution in [0, 0.1) is 5.82 Å². The van der Waals surface area contributed by atoms with Gasteiger partial charge in [0.25, 0.3) is 0 Å². The molecule has 1 aromatic carbocycles. The van der Waals surface area contributed by atoms with Gasteiger partial charge in [-0.1, -0.05) is 12.1 Å². The third kappa shape index (κ3) is 3.77. The molecule has 1 heterocycles. The van der Waals surface area contributed by atoms with Gasteiger partial charge in [-0.05, 0) is 31.0 Å². The standard InChI is InChI=1S/C14H15FN2O2S/c1-2-19-14(18)12-13(20-9-17-12)16-8-7-10-3-5-11(15)6-4-10/h3-6,9,16H,2,7-8H2,1H3. The molecule has 2 rings (SSSR count). The number of nitrogens with zero attached hydrogens (tertiary/aromatic N) is 1. The van der Waals surface area contributed by atoms with Crippen molar-refractivity contribution in [3.63, 3.8) is 0 Å². The molecule has 0 fully saturated rings. The zero-order chi connectivity index (χ0) is 14.4. The largest absolute Gasteiger partial charge is 0.461 e. The molecule has 0 saturated carbocycles. The van der Waals surface area contributed by atoms with Crippen molar-refractivity contribution in [2.75, 3.05) is 18.5 Å². The third-order valence-corrected chi connectivity index (χ3v) is 3.43. The van der Waals surface area contributed by atoms with E-state index in [0.29, 0.717) is 23.8 Å². The van der Waals surface area contributed by atoms with Gasteiger partial charge in [0.15, 0.2) is 5.69 Å². The van der Waals surface area contributed by atoms with Crippen molar-refractivity contribution < 1.29 is 13.9 Å². The molecule has 0 aliphatic carbocycles.